The molecule has 0 aromatic carbocycles. The molecule has 0 radical (unpaired) electrons. The van der Waals surface area contributed by atoms with Gasteiger partial charge in [-0.05, 0) is 12.3 Å². The Hall–Kier alpha value is -1.01. The minimum absolute atomic E-state index is 0.143. The fourth-order valence-corrected chi connectivity index (χ4v) is 0.723. The fourth-order valence-electron chi connectivity index (χ4n) is 0.723. The van der Waals surface area contributed by atoms with Gasteiger partial charge in [-0.3, -0.25) is 4.79 Å². The molecule has 0 aliphatic carbocycles. The Morgan fingerprint density at radius 2 is 2.08 bits per heavy atom. The minimum Gasteiger partial charge on any atom is -0.344 e. The molecule has 0 spiro atoms. The lowest BCUT2D eigenvalue weighted by atomic mass is 9.87. The van der Waals surface area contributed by atoms with E-state index in [1.807, 2.05) is 20.8 Å². The molecule has 3 heteroatoms. The van der Waals surface area contributed by atoms with Crippen LogP contribution in [0.1, 0.15) is 27.7 Å². The number of nitrogens with one attached hydrogen (secondary N) is 1. The van der Waals surface area contributed by atoms with Gasteiger partial charge in [-0.2, -0.15) is 0 Å². The normalized spacial score (nSPS) is 12.7. The molecule has 0 bridgehead atoms. The Morgan fingerprint density at radius 3 is 2.46 bits per heavy atom. The van der Waals surface area contributed by atoms with Crippen LogP contribution in [0.3, 0.4) is 0 Å². The first kappa shape index (κ1) is 12.0. The van der Waals surface area contributed by atoms with Crippen LogP contribution < -0.4 is 11.1 Å². The van der Waals surface area contributed by atoms with Crippen molar-refractivity contribution in [2.24, 2.45) is 11.1 Å². The van der Waals surface area contributed by atoms with Gasteiger partial charge >= 0.3 is 0 Å². The Kier molecular flexibility index (Phi) is 4.50. The predicted molar refractivity (Wildman–Crippen MR) is 53.9 cm³/mol. The van der Waals surface area contributed by atoms with Crippen molar-refractivity contribution in [3.63, 3.8) is 0 Å². The van der Waals surface area contributed by atoms with E-state index in [-0.39, 0.29) is 11.3 Å². The number of amides is 1. The average molecular weight is 182 g/mol. The number of carbonyl (C=O) groups excluding carboxylic acids is 1. The van der Waals surface area contributed by atoms with E-state index >= 15 is 0 Å². The van der Waals surface area contributed by atoms with E-state index in [1.54, 1.807) is 6.92 Å². The summed E-state index contributed by atoms with van der Waals surface area (Å²) in [5, 5.41) is 2.65. The highest BCUT2D eigenvalue weighted by Crippen LogP contribution is 2.16. The minimum atomic E-state index is -0.480. The molecule has 74 valence electrons. The maximum Gasteiger partial charge on any atom is 0.238 e. The molecule has 1 amide bonds. The Bertz CT molecular complexity index is 230. The summed E-state index contributed by atoms with van der Waals surface area (Å²) in [7, 11) is 0. The molecule has 0 fully saturated rings. The number of nitrogens with two attached hydrogens (primary N) is 1. The quantitative estimate of drug-likeness (QED) is 0.611. The van der Waals surface area contributed by atoms with Crippen LogP contribution in [0.2, 0.25) is 0 Å². The van der Waals surface area contributed by atoms with Gasteiger partial charge < -0.3 is 11.1 Å². The lowest BCUT2D eigenvalue weighted by molar-refractivity contribution is -0.124. The standard InChI is InChI=1S/C10H18N2O/c1-5-6-7-12-9(13)8(11)10(2,3)4/h8H,7,11H2,1-4H3,(H,12,13)/t8-/m0/s1. The number of carbonyl (C=O) groups is 1. The van der Waals surface area contributed by atoms with Crippen molar-refractivity contribution in [3.8, 4) is 11.8 Å². The van der Waals surface area contributed by atoms with Gasteiger partial charge in [0.15, 0.2) is 0 Å². The maximum absolute atomic E-state index is 11.4. The van der Waals surface area contributed by atoms with Gasteiger partial charge in [0.25, 0.3) is 0 Å². The topological polar surface area (TPSA) is 55.1 Å². The molecule has 0 aliphatic heterocycles. The predicted octanol–water partition coefficient (Wildman–Crippen LogP) is 0.499. The smallest absolute Gasteiger partial charge is 0.238 e. The van der Waals surface area contributed by atoms with E-state index < -0.39 is 6.04 Å². The lowest BCUT2D eigenvalue weighted by Crippen LogP contribution is -2.48. The van der Waals surface area contributed by atoms with Crippen molar-refractivity contribution in [3.05, 3.63) is 0 Å². The molecular formula is C10H18N2O. The molecule has 1 atom stereocenters. The summed E-state index contributed by atoms with van der Waals surface area (Å²) in [5.74, 6) is 5.30. The van der Waals surface area contributed by atoms with E-state index in [0.29, 0.717) is 6.54 Å². The van der Waals surface area contributed by atoms with Crippen LogP contribution in [0, 0.1) is 17.3 Å². The third-order valence-corrected chi connectivity index (χ3v) is 1.74. The molecule has 3 nitrogen and oxygen atoms in total. The maximum atomic E-state index is 11.4. The summed E-state index contributed by atoms with van der Waals surface area (Å²) in [6, 6.07) is -0.480. The lowest BCUT2D eigenvalue weighted by Gasteiger charge is -2.25. The molecular weight excluding hydrogens is 164 g/mol. The third kappa shape index (κ3) is 4.54. The van der Waals surface area contributed by atoms with Gasteiger partial charge in [-0.25, -0.2) is 0 Å². The summed E-state index contributed by atoms with van der Waals surface area (Å²) in [6.45, 7) is 7.91. The van der Waals surface area contributed by atoms with E-state index in [4.69, 9.17) is 5.73 Å². The molecule has 0 saturated carbocycles. The zero-order valence-corrected chi connectivity index (χ0v) is 8.77. The van der Waals surface area contributed by atoms with Crippen LogP contribution in [0.15, 0.2) is 0 Å². The number of rotatable bonds is 2. The third-order valence-electron chi connectivity index (χ3n) is 1.74. The van der Waals surface area contributed by atoms with Crippen LogP contribution in [0.4, 0.5) is 0 Å². The monoisotopic (exact) mass is 182 g/mol. The molecule has 3 N–H and O–H groups in total. The molecule has 13 heavy (non-hydrogen) atoms. The van der Waals surface area contributed by atoms with Crippen molar-refractivity contribution in [2.45, 2.75) is 33.7 Å². The summed E-state index contributed by atoms with van der Waals surface area (Å²) >= 11 is 0. The molecule has 0 heterocycles. The highest BCUT2D eigenvalue weighted by atomic mass is 16.2. The Balaban J connectivity index is 4.02. The van der Waals surface area contributed by atoms with Crippen LogP contribution in [-0.4, -0.2) is 18.5 Å². The van der Waals surface area contributed by atoms with Crippen molar-refractivity contribution >= 4 is 5.91 Å². The number of hydrogen-bond donors (Lipinski definition) is 2. The zero-order chi connectivity index (χ0) is 10.5. The van der Waals surface area contributed by atoms with Crippen molar-refractivity contribution in [1.29, 1.82) is 0 Å². The van der Waals surface area contributed by atoms with E-state index in [9.17, 15) is 4.79 Å². The summed E-state index contributed by atoms with van der Waals surface area (Å²) in [6.07, 6.45) is 0. The molecule has 0 saturated heterocycles. The first-order chi connectivity index (χ1) is 5.89. The van der Waals surface area contributed by atoms with E-state index in [1.165, 1.54) is 0 Å². The second-order valence-corrected chi connectivity index (χ2v) is 3.99. The SMILES string of the molecule is CC#CCNC(=O)[C@H](N)C(C)(C)C. The zero-order valence-electron chi connectivity index (χ0n) is 8.77. The van der Waals surface area contributed by atoms with E-state index in [0.717, 1.165) is 0 Å². The Morgan fingerprint density at radius 1 is 1.54 bits per heavy atom. The van der Waals surface area contributed by atoms with Gasteiger partial charge in [0.1, 0.15) is 0 Å². The second-order valence-electron chi connectivity index (χ2n) is 3.99. The van der Waals surface area contributed by atoms with Gasteiger partial charge in [-0.1, -0.05) is 26.7 Å². The molecule has 0 aromatic heterocycles. The van der Waals surface area contributed by atoms with Crippen LogP contribution >= 0.6 is 0 Å². The van der Waals surface area contributed by atoms with Crippen LogP contribution in [0.25, 0.3) is 0 Å². The average Bonchev–Trinajstić information content (AvgIpc) is 2.01. The van der Waals surface area contributed by atoms with E-state index in [2.05, 4.69) is 17.2 Å². The molecule has 0 unspecified atom stereocenters. The van der Waals surface area contributed by atoms with Crippen molar-refractivity contribution in [2.75, 3.05) is 6.54 Å². The summed E-state index contributed by atoms with van der Waals surface area (Å²) < 4.78 is 0. The highest BCUT2D eigenvalue weighted by Gasteiger charge is 2.26. The molecule has 0 rings (SSSR count). The van der Waals surface area contributed by atoms with Crippen molar-refractivity contribution in [1.82, 2.24) is 5.32 Å². The number of hydrogen-bond acceptors (Lipinski definition) is 2. The first-order valence-corrected chi connectivity index (χ1v) is 4.32. The Labute approximate surface area is 80.1 Å². The first-order valence-electron chi connectivity index (χ1n) is 4.32. The van der Waals surface area contributed by atoms with Gasteiger partial charge in [0, 0.05) is 0 Å². The molecule has 0 aliphatic rings. The molecule has 0 aromatic rings. The van der Waals surface area contributed by atoms with Gasteiger partial charge in [0.05, 0.1) is 12.6 Å². The summed E-state index contributed by atoms with van der Waals surface area (Å²) in [5.41, 5.74) is 5.51. The van der Waals surface area contributed by atoms with Gasteiger partial charge in [0.2, 0.25) is 5.91 Å². The van der Waals surface area contributed by atoms with Crippen molar-refractivity contribution < 1.29 is 4.79 Å². The largest absolute Gasteiger partial charge is 0.344 e. The second kappa shape index (κ2) is 4.88. The van der Waals surface area contributed by atoms with Gasteiger partial charge in [-0.15, -0.1) is 5.92 Å². The highest BCUT2D eigenvalue weighted by molar-refractivity contribution is 5.82. The van der Waals surface area contributed by atoms with Crippen LogP contribution in [-0.2, 0) is 4.79 Å². The fraction of sp³-hybridized carbons (Fsp3) is 0.700. The van der Waals surface area contributed by atoms with Crippen LogP contribution in [0.5, 0.6) is 0 Å². The summed E-state index contributed by atoms with van der Waals surface area (Å²) in [4.78, 5) is 11.4.